The molecule has 1 N–H and O–H groups in total. The molecule has 0 fully saturated rings. The van der Waals surface area contributed by atoms with Crippen LogP contribution in [0, 0.1) is 13.8 Å². The van der Waals surface area contributed by atoms with Crippen LogP contribution in [-0.2, 0) is 0 Å². The van der Waals surface area contributed by atoms with Gasteiger partial charge < -0.3 is 4.98 Å². The summed E-state index contributed by atoms with van der Waals surface area (Å²) in [5.74, 6) is 0.877. The average Bonchev–Trinajstić information content (AvgIpc) is 2.89. The van der Waals surface area contributed by atoms with Gasteiger partial charge >= 0.3 is 0 Å². The normalized spacial score (nSPS) is 11.2. The van der Waals surface area contributed by atoms with E-state index in [0.717, 1.165) is 34.2 Å². The third-order valence-electron chi connectivity index (χ3n) is 2.54. The zero-order valence-electron chi connectivity index (χ0n) is 9.39. The van der Waals surface area contributed by atoms with Gasteiger partial charge in [0, 0.05) is 18.1 Å². The van der Waals surface area contributed by atoms with E-state index >= 15 is 0 Å². The van der Waals surface area contributed by atoms with E-state index < -0.39 is 0 Å². The Kier molecular flexibility index (Phi) is 2.12. The largest absolute Gasteiger partial charge is 0.346 e. The van der Waals surface area contributed by atoms with Gasteiger partial charge in [-0.2, -0.15) is 0 Å². The van der Waals surface area contributed by atoms with Gasteiger partial charge in [-0.3, -0.25) is 9.20 Å². The number of carbonyl (C=O) groups is 1. The molecule has 0 amide bonds. The number of hydrogen-bond donors (Lipinski definition) is 1. The van der Waals surface area contributed by atoms with Gasteiger partial charge in [0.25, 0.3) is 0 Å². The minimum Gasteiger partial charge on any atom is -0.346 e. The zero-order chi connectivity index (χ0) is 12.0. The number of H-pyrrole nitrogens is 1. The van der Waals surface area contributed by atoms with Crippen LogP contribution in [0.4, 0.5) is 0 Å². The van der Waals surface area contributed by atoms with Crippen molar-refractivity contribution in [2.45, 2.75) is 13.8 Å². The highest BCUT2D eigenvalue weighted by Gasteiger charge is 2.12. The highest BCUT2D eigenvalue weighted by Crippen LogP contribution is 2.24. The number of fused-ring (bicyclic) bond motifs is 1. The van der Waals surface area contributed by atoms with Crippen LogP contribution in [0.25, 0.3) is 16.3 Å². The number of aldehydes is 1. The van der Waals surface area contributed by atoms with Gasteiger partial charge in [-0.25, -0.2) is 9.97 Å². The lowest BCUT2D eigenvalue weighted by molar-refractivity contribution is 0.112. The molecule has 5 nitrogen and oxygen atoms in total. The van der Waals surface area contributed by atoms with Crippen molar-refractivity contribution in [3.63, 3.8) is 0 Å². The molecule has 0 saturated heterocycles. The predicted octanol–water partition coefficient (Wildman–Crippen LogP) is 2.22. The van der Waals surface area contributed by atoms with Gasteiger partial charge in [0.1, 0.15) is 17.2 Å². The molecule has 0 aliphatic carbocycles. The molecule has 0 aromatic carbocycles. The van der Waals surface area contributed by atoms with Gasteiger partial charge in [0.05, 0.1) is 4.88 Å². The number of thiazole rings is 1. The van der Waals surface area contributed by atoms with Crippen LogP contribution < -0.4 is 0 Å². The Hall–Kier alpha value is -1.95. The number of rotatable bonds is 2. The fourth-order valence-corrected chi connectivity index (χ4v) is 2.62. The molecule has 86 valence electrons. The van der Waals surface area contributed by atoms with Crippen molar-refractivity contribution in [2.24, 2.45) is 0 Å². The summed E-state index contributed by atoms with van der Waals surface area (Å²) in [7, 11) is 0. The van der Waals surface area contributed by atoms with E-state index in [4.69, 9.17) is 0 Å². The van der Waals surface area contributed by atoms with Gasteiger partial charge in [-0.1, -0.05) is 11.3 Å². The van der Waals surface area contributed by atoms with E-state index in [0.29, 0.717) is 4.88 Å². The SMILES string of the molecule is Cc1nc(-c2cn3cc(C=O)sc3n2)c(C)[nH]1. The standard InChI is InChI=1S/C11H10N4OS/c1-6-10(13-7(2)12-6)9-4-15-3-8(5-16)17-11(15)14-9/h3-5H,1-2H3,(H,12,13). The lowest BCUT2D eigenvalue weighted by Crippen LogP contribution is -1.81. The van der Waals surface area contributed by atoms with E-state index in [2.05, 4.69) is 15.0 Å². The number of aromatic amines is 1. The minimum absolute atomic E-state index is 0.675. The molecule has 17 heavy (non-hydrogen) atoms. The molecular formula is C11H10N4OS. The molecule has 0 aliphatic rings. The predicted molar refractivity (Wildman–Crippen MR) is 65.5 cm³/mol. The Morgan fingerprint density at radius 1 is 1.35 bits per heavy atom. The molecule has 3 heterocycles. The quantitative estimate of drug-likeness (QED) is 0.705. The van der Waals surface area contributed by atoms with Crippen LogP contribution in [0.2, 0.25) is 0 Å². The van der Waals surface area contributed by atoms with Crippen molar-refractivity contribution in [2.75, 3.05) is 0 Å². The molecule has 3 rings (SSSR count). The van der Waals surface area contributed by atoms with Crippen LogP contribution in [0.3, 0.4) is 0 Å². The molecule has 0 spiro atoms. The van der Waals surface area contributed by atoms with E-state index in [1.54, 1.807) is 6.20 Å². The Morgan fingerprint density at radius 2 is 2.18 bits per heavy atom. The van der Waals surface area contributed by atoms with Crippen molar-refractivity contribution >= 4 is 22.6 Å². The molecule has 3 aromatic rings. The number of aromatic nitrogens is 4. The van der Waals surface area contributed by atoms with Gasteiger partial charge in [-0.15, -0.1) is 0 Å². The summed E-state index contributed by atoms with van der Waals surface area (Å²) in [6, 6.07) is 0. The molecule has 0 saturated carbocycles. The monoisotopic (exact) mass is 246 g/mol. The average molecular weight is 246 g/mol. The molecule has 0 unspecified atom stereocenters. The van der Waals surface area contributed by atoms with Gasteiger partial charge in [0.2, 0.25) is 0 Å². The van der Waals surface area contributed by atoms with Crippen LogP contribution in [0.5, 0.6) is 0 Å². The maximum atomic E-state index is 10.6. The molecule has 0 radical (unpaired) electrons. The summed E-state index contributed by atoms with van der Waals surface area (Å²) in [5.41, 5.74) is 2.70. The Morgan fingerprint density at radius 3 is 2.76 bits per heavy atom. The van der Waals surface area contributed by atoms with Crippen molar-refractivity contribution in [1.82, 2.24) is 19.4 Å². The number of aryl methyl sites for hydroxylation is 2. The summed E-state index contributed by atoms with van der Waals surface area (Å²) in [6.45, 7) is 3.89. The third kappa shape index (κ3) is 1.57. The Balaban J connectivity index is 2.15. The number of carbonyl (C=O) groups excluding carboxylic acids is 1. The van der Waals surface area contributed by atoms with Gasteiger partial charge in [0.15, 0.2) is 11.2 Å². The van der Waals surface area contributed by atoms with Crippen molar-refractivity contribution in [3.05, 3.63) is 28.8 Å². The number of nitrogens with zero attached hydrogens (tertiary/aromatic N) is 3. The summed E-state index contributed by atoms with van der Waals surface area (Å²) < 4.78 is 1.85. The highest BCUT2D eigenvalue weighted by molar-refractivity contribution is 7.18. The van der Waals surface area contributed by atoms with E-state index in [9.17, 15) is 4.79 Å². The molecular weight excluding hydrogens is 236 g/mol. The summed E-state index contributed by atoms with van der Waals surface area (Å²) in [5, 5.41) is 0. The summed E-state index contributed by atoms with van der Waals surface area (Å²) >= 11 is 1.37. The highest BCUT2D eigenvalue weighted by atomic mass is 32.1. The topological polar surface area (TPSA) is 63.1 Å². The van der Waals surface area contributed by atoms with Crippen molar-refractivity contribution < 1.29 is 4.79 Å². The third-order valence-corrected chi connectivity index (χ3v) is 3.46. The smallest absolute Gasteiger partial charge is 0.194 e. The van der Waals surface area contributed by atoms with E-state index in [1.165, 1.54) is 11.3 Å². The second-order valence-electron chi connectivity index (χ2n) is 3.86. The first-order chi connectivity index (χ1) is 8.17. The van der Waals surface area contributed by atoms with E-state index in [-0.39, 0.29) is 0 Å². The van der Waals surface area contributed by atoms with Crippen LogP contribution >= 0.6 is 11.3 Å². The molecule has 0 bridgehead atoms. The minimum atomic E-state index is 0.675. The Bertz CT molecular complexity index is 675. The second kappa shape index (κ2) is 3.53. The zero-order valence-corrected chi connectivity index (χ0v) is 10.2. The summed E-state index contributed by atoms with van der Waals surface area (Å²) in [6.07, 6.45) is 4.50. The molecule has 0 aliphatic heterocycles. The fourth-order valence-electron chi connectivity index (χ4n) is 1.84. The molecule has 3 aromatic heterocycles. The van der Waals surface area contributed by atoms with E-state index in [1.807, 2.05) is 24.4 Å². The number of hydrogen-bond acceptors (Lipinski definition) is 4. The van der Waals surface area contributed by atoms with Crippen molar-refractivity contribution in [3.8, 4) is 11.4 Å². The first-order valence-electron chi connectivity index (χ1n) is 5.14. The molecule has 6 heteroatoms. The maximum absolute atomic E-state index is 10.6. The van der Waals surface area contributed by atoms with Crippen LogP contribution in [0.1, 0.15) is 21.2 Å². The van der Waals surface area contributed by atoms with Crippen LogP contribution in [0.15, 0.2) is 12.4 Å². The first kappa shape index (κ1) is 10.2. The maximum Gasteiger partial charge on any atom is 0.194 e. The molecule has 0 atom stereocenters. The lowest BCUT2D eigenvalue weighted by Gasteiger charge is -1.90. The fraction of sp³-hybridized carbons (Fsp3) is 0.182. The number of imidazole rings is 2. The number of nitrogens with one attached hydrogen (secondary N) is 1. The first-order valence-corrected chi connectivity index (χ1v) is 5.96. The second-order valence-corrected chi connectivity index (χ2v) is 4.90. The summed E-state index contributed by atoms with van der Waals surface area (Å²) in [4.78, 5) is 24.1. The Labute approximate surface area is 101 Å². The van der Waals surface area contributed by atoms with Crippen LogP contribution in [-0.4, -0.2) is 25.6 Å². The van der Waals surface area contributed by atoms with Gasteiger partial charge in [-0.05, 0) is 13.8 Å². The van der Waals surface area contributed by atoms with Crippen molar-refractivity contribution in [1.29, 1.82) is 0 Å². The lowest BCUT2D eigenvalue weighted by atomic mass is 10.3.